The maximum atomic E-state index is 13.2. The number of halogens is 1. The van der Waals surface area contributed by atoms with Crippen LogP contribution in [0.15, 0.2) is 16.4 Å². The van der Waals surface area contributed by atoms with E-state index in [2.05, 4.69) is 17.2 Å². The molecule has 0 fully saturated rings. The predicted octanol–water partition coefficient (Wildman–Crippen LogP) is 2.34. The van der Waals surface area contributed by atoms with E-state index in [1.807, 2.05) is 0 Å². The van der Waals surface area contributed by atoms with Crippen molar-refractivity contribution in [2.24, 2.45) is 10.7 Å². The van der Waals surface area contributed by atoms with Crippen molar-refractivity contribution in [1.82, 2.24) is 5.32 Å². The molecule has 0 aromatic carbocycles. The minimum Gasteiger partial charge on any atom is -0.390 e. The summed E-state index contributed by atoms with van der Waals surface area (Å²) in [4.78, 5) is 3.87. The molecule has 1 atom stereocenters. The lowest BCUT2D eigenvalue weighted by Gasteiger charge is -2.13. The minimum absolute atomic E-state index is 0.535. The zero-order valence-corrected chi connectivity index (χ0v) is 9.89. The average Bonchev–Trinajstić information content (AvgIpc) is 2.17. The second-order valence-corrected chi connectivity index (χ2v) is 3.53. The summed E-state index contributed by atoms with van der Waals surface area (Å²) in [6.07, 6.45) is 3.51. The van der Waals surface area contributed by atoms with E-state index in [0.29, 0.717) is 11.4 Å². The Kier molecular flexibility index (Phi) is 7.68. The molecule has 4 heteroatoms. The monoisotopic (exact) mass is 215 g/mol. The molecule has 0 heterocycles. The number of hydrogen-bond donors (Lipinski definition) is 2. The molecule has 0 saturated heterocycles. The van der Waals surface area contributed by atoms with Crippen molar-refractivity contribution in [3.63, 3.8) is 0 Å². The van der Waals surface area contributed by atoms with Crippen LogP contribution in [0, 0.1) is 0 Å². The molecular weight excluding hydrogens is 193 g/mol. The number of nitrogens with zero attached hydrogens (tertiary/aromatic N) is 1. The summed E-state index contributed by atoms with van der Waals surface area (Å²) >= 11 is 0. The number of allylic oxidation sites excluding steroid dienone is 2. The number of unbranched alkanes of at least 4 members (excludes halogenated alkanes) is 2. The van der Waals surface area contributed by atoms with Crippen LogP contribution in [-0.4, -0.2) is 19.1 Å². The van der Waals surface area contributed by atoms with Crippen molar-refractivity contribution in [3.05, 3.63) is 11.4 Å². The van der Waals surface area contributed by atoms with Crippen molar-refractivity contribution in [2.75, 3.05) is 6.54 Å². The number of nitrogens with two attached hydrogens (primary N) is 1. The van der Waals surface area contributed by atoms with Gasteiger partial charge in [-0.15, -0.1) is 0 Å². The third-order valence-corrected chi connectivity index (χ3v) is 2.15. The van der Waals surface area contributed by atoms with Gasteiger partial charge >= 0.3 is 0 Å². The van der Waals surface area contributed by atoms with Gasteiger partial charge in [0.25, 0.3) is 0 Å². The fourth-order valence-corrected chi connectivity index (χ4v) is 1.34. The van der Waals surface area contributed by atoms with Gasteiger partial charge in [-0.05, 0) is 20.3 Å². The van der Waals surface area contributed by atoms with E-state index < -0.39 is 6.17 Å². The number of rotatable bonds is 7. The zero-order chi connectivity index (χ0) is 11.7. The number of nitrogens with one attached hydrogen (secondary N) is 1. The van der Waals surface area contributed by atoms with E-state index in [-0.39, 0.29) is 0 Å². The van der Waals surface area contributed by atoms with Crippen molar-refractivity contribution >= 4 is 6.34 Å². The molecule has 0 aliphatic heterocycles. The van der Waals surface area contributed by atoms with Crippen LogP contribution < -0.4 is 11.1 Å². The molecule has 15 heavy (non-hydrogen) atoms. The highest BCUT2D eigenvalue weighted by Crippen LogP contribution is 2.10. The topological polar surface area (TPSA) is 50.4 Å². The van der Waals surface area contributed by atoms with Gasteiger partial charge in [0.1, 0.15) is 6.17 Å². The molecule has 0 aromatic heterocycles. The van der Waals surface area contributed by atoms with Gasteiger partial charge in [-0.2, -0.15) is 0 Å². The van der Waals surface area contributed by atoms with Gasteiger partial charge in [-0.25, -0.2) is 9.38 Å². The lowest BCUT2D eigenvalue weighted by atomic mass is 10.2. The minimum atomic E-state index is -1.03. The Morgan fingerprint density at radius 1 is 1.53 bits per heavy atom. The first-order valence-corrected chi connectivity index (χ1v) is 5.46. The quantitative estimate of drug-likeness (QED) is 0.389. The van der Waals surface area contributed by atoms with E-state index in [0.717, 1.165) is 25.8 Å². The van der Waals surface area contributed by atoms with Crippen LogP contribution in [0.3, 0.4) is 0 Å². The van der Waals surface area contributed by atoms with Crippen molar-refractivity contribution in [3.8, 4) is 0 Å². The second kappa shape index (κ2) is 8.26. The summed E-state index contributed by atoms with van der Waals surface area (Å²) in [5, 5.41) is 3.07. The summed E-state index contributed by atoms with van der Waals surface area (Å²) in [5.41, 5.74) is 6.32. The Morgan fingerprint density at radius 2 is 2.20 bits per heavy atom. The first-order chi connectivity index (χ1) is 7.13. The van der Waals surface area contributed by atoms with Crippen molar-refractivity contribution in [1.29, 1.82) is 0 Å². The van der Waals surface area contributed by atoms with E-state index in [1.165, 1.54) is 13.3 Å². The molecule has 0 bridgehead atoms. The predicted molar refractivity (Wildman–Crippen MR) is 63.5 cm³/mol. The number of alkyl halides is 1. The fourth-order valence-electron chi connectivity index (χ4n) is 1.34. The van der Waals surface area contributed by atoms with Crippen LogP contribution in [-0.2, 0) is 0 Å². The van der Waals surface area contributed by atoms with Gasteiger partial charge in [-0.3, -0.25) is 0 Å². The van der Waals surface area contributed by atoms with Gasteiger partial charge in [0.15, 0.2) is 0 Å². The van der Waals surface area contributed by atoms with Gasteiger partial charge in [0, 0.05) is 6.54 Å². The molecule has 88 valence electrons. The van der Waals surface area contributed by atoms with E-state index >= 15 is 0 Å². The van der Waals surface area contributed by atoms with Crippen molar-refractivity contribution < 1.29 is 4.39 Å². The molecule has 0 spiro atoms. The summed E-state index contributed by atoms with van der Waals surface area (Å²) in [5.74, 6) is 0. The maximum Gasteiger partial charge on any atom is 0.138 e. The van der Waals surface area contributed by atoms with E-state index in [1.54, 1.807) is 6.92 Å². The Morgan fingerprint density at radius 3 is 2.67 bits per heavy atom. The standard InChI is InChI=1S/C11H22FN3/c1-4-5-6-7-14-11(9(2)12)10(3)15-8-13/h8-9,14H,4-7H2,1-3H3,(H2,13,15)/b11-10+/t9-/m1/s1. The Bertz CT molecular complexity index is 222. The third-order valence-electron chi connectivity index (χ3n) is 2.15. The summed E-state index contributed by atoms with van der Waals surface area (Å²) in [6.45, 7) is 6.17. The van der Waals surface area contributed by atoms with E-state index in [4.69, 9.17) is 5.73 Å². The second-order valence-electron chi connectivity index (χ2n) is 3.53. The molecule has 0 radical (unpaired) electrons. The normalized spacial score (nSPS) is 15.2. The van der Waals surface area contributed by atoms with Gasteiger partial charge in [-0.1, -0.05) is 19.8 Å². The van der Waals surface area contributed by atoms with Gasteiger partial charge in [0.2, 0.25) is 0 Å². The summed E-state index contributed by atoms with van der Waals surface area (Å²) < 4.78 is 13.2. The molecule has 0 unspecified atom stereocenters. The Hall–Kier alpha value is -1.06. The van der Waals surface area contributed by atoms with Crippen LogP contribution in [0.1, 0.15) is 40.0 Å². The molecule has 0 saturated carbocycles. The van der Waals surface area contributed by atoms with Crippen LogP contribution in [0.2, 0.25) is 0 Å². The Balaban J connectivity index is 4.22. The Labute approximate surface area is 91.6 Å². The SMILES string of the molecule is CCCCCN/C(=C(C)/N=C\N)[C@@H](C)F. The number of aliphatic imine (C=N–C) groups is 1. The van der Waals surface area contributed by atoms with Crippen LogP contribution in [0.4, 0.5) is 4.39 Å². The van der Waals surface area contributed by atoms with Crippen molar-refractivity contribution in [2.45, 2.75) is 46.2 Å². The summed E-state index contributed by atoms with van der Waals surface area (Å²) in [6, 6.07) is 0. The largest absolute Gasteiger partial charge is 0.390 e. The van der Waals surface area contributed by atoms with Gasteiger partial charge < -0.3 is 11.1 Å². The fraction of sp³-hybridized carbons (Fsp3) is 0.727. The molecule has 0 aromatic rings. The van der Waals surface area contributed by atoms with Crippen LogP contribution in [0.25, 0.3) is 0 Å². The molecule has 3 nitrogen and oxygen atoms in total. The highest BCUT2D eigenvalue weighted by atomic mass is 19.1. The first-order valence-electron chi connectivity index (χ1n) is 5.46. The first kappa shape index (κ1) is 13.9. The molecular formula is C11H22FN3. The third kappa shape index (κ3) is 6.10. The zero-order valence-electron chi connectivity index (χ0n) is 9.89. The molecule has 0 amide bonds. The smallest absolute Gasteiger partial charge is 0.138 e. The lowest BCUT2D eigenvalue weighted by molar-refractivity contribution is 0.387. The highest BCUT2D eigenvalue weighted by molar-refractivity contribution is 5.53. The summed E-state index contributed by atoms with van der Waals surface area (Å²) in [7, 11) is 0. The molecule has 0 rings (SSSR count). The van der Waals surface area contributed by atoms with Crippen LogP contribution >= 0.6 is 0 Å². The molecule has 3 N–H and O–H groups in total. The van der Waals surface area contributed by atoms with Crippen LogP contribution in [0.5, 0.6) is 0 Å². The highest BCUT2D eigenvalue weighted by Gasteiger charge is 2.09. The number of hydrogen-bond acceptors (Lipinski definition) is 2. The van der Waals surface area contributed by atoms with Gasteiger partial charge in [0.05, 0.1) is 17.7 Å². The molecule has 0 aliphatic carbocycles. The lowest BCUT2D eigenvalue weighted by Crippen LogP contribution is -2.22. The molecule has 0 aliphatic rings. The van der Waals surface area contributed by atoms with E-state index in [9.17, 15) is 4.39 Å². The maximum absolute atomic E-state index is 13.2. The average molecular weight is 215 g/mol.